The Morgan fingerprint density at radius 2 is 1.61 bits per heavy atom. The Kier molecular flexibility index (Phi) is 5.20. The summed E-state index contributed by atoms with van der Waals surface area (Å²) in [7, 11) is 0. The van der Waals surface area contributed by atoms with Gasteiger partial charge in [-0.1, -0.05) is 20.8 Å². The van der Waals surface area contributed by atoms with Crippen molar-refractivity contribution in [3.63, 3.8) is 0 Å². The van der Waals surface area contributed by atoms with Crippen LogP contribution in [0.4, 0.5) is 13.2 Å². The summed E-state index contributed by atoms with van der Waals surface area (Å²) < 4.78 is 39.7. The van der Waals surface area contributed by atoms with E-state index in [1.807, 2.05) is 13.8 Å². The quantitative estimate of drug-likeness (QED) is 0.605. The molecule has 1 aromatic rings. The zero-order valence-corrected chi connectivity index (χ0v) is 11.1. The smallest absolute Gasteiger partial charge is 0.161 e. The highest BCUT2D eigenvalue weighted by Crippen LogP contribution is 2.30. The summed E-state index contributed by atoms with van der Waals surface area (Å²) in [5.41, 5.74) is -0.306. The molecule has 18 heavy (non-hydrogen) atoms. The predicted octanol–water partition coefficient (Wildman–Crippen LogP) is 3.77. The molecule has 1 aromatic carbocycles. The highest BCUT2D eigenvalue weighted by atomic mass is 19.2. The SMILES string of the molecule is CCCNCCC(C)(C)c1cc(F)c(F)cc1F. The number of rotatable bonds is 6. The molecule has 0 amide bonds. The third-order valence-electron chi connectivity index (χ3n) is 3.09. The lowest BCUT2D eigenvalue weighted by Crippen LogP contribution is -2.27. The van der Waals surface area contributed by atoms with Gasteiger partial charge in [0.2, 0.25) is 0 Å². The van der Waals surface area contributed by atoms with Gasteiger partial charge in [0.15, 0.2) is 11.6 Å². The summed E-state index contributed by atoms with van der Waals surface area (Å²) in [6.07, 6.45) is 1.69. The molecule has 0 aliphatic heterocycles. The fourth-order valence-electron chi connectivity index (χ4n) is 1.88. The van der Waals surface area contributed by atoms with E-state index in [0.29, 0.717) is 12.5 Å². The van der Waals surface area contributed by atoms with Crippen LogP contribution < -0.4 is 5.32 Å². The lowest BCUT2D eigenvalue weighted by molar-refractivity contribution is 0.420. The van der Waals surface area contributed by atoms with E-state index in [0.717, 1.165) is 25.6 Å². The van der Waals surface area contributed by atoms with E-state index in [-0.39, 0.29) is 5.56 Å². The Hall–Kier alpha value is -1.03. The zero-order chi connectivity index (χ0) is 13.8. The van der Waals surface area contributed by atoms with Gasteiger partial charge in [-0.3, -0.25) is 0 Å². The maximum Gasteiger partial charge on any atom is 0.161 e. The molecular weight excluding hydrogens is 239 g/mol. The number of nitrogens with one attached hydrogen (secondary N) is 1. The molecule has 0 aliphatic rings. The Balaban J connectivity index is 2.80. The van der Waals surface area contributed by atoms with E-state index in [2.05, 4.69) is 12.2 Å². The molecule has 0 heterocycles. The van der Waals surface area contributed by atoms with Gasteiger partial charge < -0.3 is 5.32 Å². The fraction of sp³-hybridized carbons (Fsp3) is 0.571. The maximum atomic E-state index is 13.7. The molecule has 0 aromatic heterocycles. The first kappa shape index (κ1) is 15.0. The molecule has 0 aliphatic carbocycles. The lowest BCUT2D eigenvalue weighted by atomic mass is 9.81. The van der Waals surface area contributed by atoms with Crippen molar-refractivity contribution in [2.45, 2.75) is 39.0 Å². The third-order valence-corrected chi connectivity index (χ3v) is 3.09. The van der Waals surface area contributed by atoms with Gasteiger partial charge in [-0.25, -0.2) is 13.2 Å². The topological polar surface area (TPSA) is 12.0 Å². The number of benzene rings is 1. The number of halogens is 3. The first-order chi connectivity index (χ1) is 8.38. The van der Waals surface area contributed by atoms with E-state index in [1.165, 1.54) is 0 Å². The van der Waals surface area contributed by atoms with Crippen LogP contribution in [0.15, 0.2) is 12.1 Å². The summed E-state index contributed by atoms with van der Waals surface area (Å²) in [6.45, 7) is 7.34. The van der Waals surface area contributed by atoms with Crippen molar-refractivity contribution in [1.29, 1.82) is 0 Å². The second-order valence-corrected chi connectivity index (χ2v) is 5.13. The molecule has 0 unspecified atom stereocenters. The molecule has 0 radical (unpaired) electrons. The molecule has 1 N–H and O–H groups in total. The average molecular weight is 259 g/mol. The standard InChI is InChI=1S/C14H20F3N/c1-4-6-18-7-5-14(2,3)10-8-12(16)13(17)9-11(10)15/h8-9,18H,4-7H2,1-3H3. The van der Waals surface area contributed by atoms with Crippen molar-refractivity contribution in [2.24, 2.45) is 0 Å². The normalized spacial score (nSPS) is 11.9. The minimum absolute atomic E-state index is 0.222. The van der Waals surface area contributed by atoms with Gasteiger partial charge in [-0.05, 0) is 43.0 Å². The molecule has 0 bridgehead atoms. The van der Waals surface area contributed by atoms with Gasteiger partial charge in [-0.15, -0.1) is 0 Å². The highest BCUT2D eigenvalue weighted by molar-refractivity contribution is 5.27. The van der Waals surface area contributed by atoms with E-state index >= 15 is 0 Å². The molecule has 0 atom stereocenters. The Morgan fingerprint density at radius 3 is 2.22 bits per heavy atom. The lowest BCUT2D eigenvalue weighted by Gasteiger charge is -2.26. The van der Waals surface area contributed by atoms with E-state index in [9.17, 15) is 13.2 Å². The largest absolute Gasteiger partial charge is 0.317 e. The first-order valence-corrected chi connectivity index (χ1v) is 6.24. The summed E-state index contributed by atoms with van der Waals surface area (Å²) >= 11 is 0. The molecule has 0 spiro atoms. The van der Waals surface area contributed by atoms with Crippen LogP contribution >= 0.6 is 0 Å². The number of hydrogen-bond donors (Lipinski definition) is 1. The molecule has 1 rings (SSSR count). The van der Waals surface area contributed by atoms with Crippen LogP contribution in [0.3, 0.4) is 0 Å². The second kappa shape index (κ2) is 6.23. The van der Waals surface area contributed by atoms with Crippen LogP contribution in [-0.2, 0) is 5.41 Å². The number of hydrogen-bond acceptors (Lipinski definition) is 1. The van der Waals surface area contributed by atoms with Gasteiger partial charge >= 0.3 is 0 Å². The fourth-order valence-corrected chi connectivity index (χ4v) is 1.88. The molecule has 0 saturated carbocycles. The van der Waals surface area contributed by atoms with Crippen LogP contribution in [0.25, 0.3) is 0 Å². The second-order valence-electron chi connectivity index (χ2n) is 5.13. The molecule has 4 heteroatoms. The molecule has 1 nitrogen and oxygen atoms in total. The third kappa shape index (κ3) is 3.73. The molecule has 0 saturated heterocycles. The summed E-state index contributed by atoms with van der Waals surface area (Å²) in [4.78, 5) is 0. The van der Waals surface area contributed by atoms with Crippen molar-refractivity contribution >= 4 is 0 Å². The van der Waals surface area contributed by atoms with Crippen molar-refractivity contribution in [2.75, 3.05) is 13.1 Å². The van der Waals surface area contributed by atoms with Gasteiger partial charge in [0.25, 0.3) is 0 Å². The van der Waals surface area contributed by atoms with Crippen molar-refractivity contribution in [1.82, 2.24) is 5.32 Å². The first-order valence-electron chi connectivity index (χ1n) is 6.24. The van der Waals surface area contributed by atoms with Gasteiger partial charge in [0.1, 0.15) is 5.82 Å². The minimum atomic E-state index is -1.14. The highest BCUT2D eigenvalue weighted by Gasteiger charge is 2.25. The van der Waals surface area contributed by atoms with Crippen molar-refractivity contribution < 1.29 is 13.2 Å². The van der Waals surface area contributed by atoms with Crippen LogP contribution in [0.1, 0.15) is 39.2 Å². The zero-order valence-electron chi connectivity index (χ0n) is 11.1. The van der Waals surface area contributed by atoms with Gasteiger partial charge in [0, 0.05) is 6.07 Å². The minimum Gasteiger partial charge on any atom is -0.317 e. The monoisotopic (exact) mass is 259 g/mol. The van der Waals surface area contributed by atoms with Gasteiger partial charge in [-0.2, -0.15) is 0 Å². The van der Waals surface area contributed by atoms with Crippen molar-refractivity contribution in [3.05, 3.63) is 35.1 Å². The van der Waals surface area contributed by atoms with Crippen LogP contribution in [0.2, 0.25) is 0 Å². The Morgan fingerprint density at radius 1 is 1.00 bits per heavy atom. The van der Waals surface area contributed by atoms with Crippen LogP contribution in [0, 0.1) is 17.5 Å². The van der Waals surface area contributed by atoms with Crippen molar-refractivity contribution in [3.8, 4) is 0 Å². The summed E-state index contributed by atoms with van der Waals surface area (Å²) in [5.74, 6) is -2.83. The van der Waals surface area contributed by atoms with Crippen LogP contribution in [0.5, 0.6) is 0 Å². The van der Waals surface area contributed by atoms with Crippen LogP contribution in [-0.4, -0.2) is 13.1 Å². The Labute approximate surface area is 106 Å². The van der Waals surface area contributed by atoms with E-state index in [4.69, 9.17) is 0 Å². The maximum absolute atomic E-state index is 13.7. The molecule has 102 valence electrons. The summed E-state index contributed by atoms with van der Waals surface area (Å²) in [5, 5.41) is 3.22. The molecular formula is C14H20F3N. The average Bonchev–Trinajstić information content (AvgIpc) is 2.29. The van der Waals surface area contributed by atoms with Gasteiger partial charge in [0.05, 0.1) is 0 Å². The predicted molar refractivity (Wildman–Crippen MR) is 67.1 cm³/mol. The summed E-state index contributed by atoms with van der Waals surface area (Å²) in [6, 6.07) is 1.58. The van der Waals surface area contributed by atoms with E-state index < -0.39 is 22.9 Å². The molecule has 0 fully saturated rings. The Bertz CT molecular complexity index is 402. The van der Waals surface area contributed by atoms with E-state index in [1.54, 1.807) is 0 Å².